The van der Waals surface area contributed by atoms with E-state index in [9.17, 15) is 5.11 Å². The van der Waals surface area contributed by atoms with Crippen molar-refractivity contribution in [3.05, 3.63) is 33.5 Å². The molecule has 1 heterocycles. The molecule has 0 bridgehead atoms. The van der Waals surface area contributed by atoms with Crippen LogP contribution >= 0.6 is 22.9 Å². The lowest BCUT2D eigenvalue weighted by molar-refractivity contribution is 0.217. The van der Waals surface area contributed by atoms with E-state index in [4.69, 9.17) is 11.6 Å². The maximum absolute atomic E-state index is 9.49. The van der Waals surface area contributed by atoms with Crippen LogP contribution in [0.4, 0.5) is 0 Å². The van der Waals surface area contributed by atoms with Crippen molar-refractivity contribution in [3.8, 4) is 0 Å². The van der Waals surface area contributed by atoms with Gasteiger partial charge in [-0.1, -0.05) is 18.2 Å². The summed E-state index contributed by atoms with van der Waals surface area (Å²) in [7, 11) is 0. The van der Waals surface area contributed by atoms with Crippen LogP contribution in [0, 0.1) is 0 Å². The van der Waals surface area contributed by atoms with Gasteiger partial charge in [0, 0.05) is 5.56 Å². The van der Waals surface area contributed by atoms with Crippen molar-refractivity contribution >= 4 is 22.9 Å². The van der Waals surface area contributed by atoms with Gasteiger partial charge < -0.3 is 5.11 Å². The van der Waals surface area contributed by atoms with Crippen LogP contribution in [0.2, 0.25) is 4.34 Å². The Morgan fingerprint density at radius 3 is 2.82 bits per heavy atom. The lowest BCUT2D eigenvalue weighted by atomic mass is 10.1. The van der Waals surface area contributed by atoms with Crippen molar-refractivity contribution in [1.82, 2.24) is 0 Å². The van der Waals surface area contributed by atoms with Crippen molar-refractivity contribution in [3.63, 3.8) is 0 Å². The monoisotopic (exact) mass is 188 g/mol. The quantitative estimate of drug-likeness (QED) is 0.708. The van der Waals surface area contributed by atoms with Gasteiger partial charge in [-0.05, 0) is 23.9 Å². The molecule has 0 aliphatic heterocycles. The third kappa shape index (κ3) is 1.83. The fourth-order valence-corrected chi connectivity index (χ4v) is 1.74. The van der Waals surface area contributed by atoms with Gasteiger partial charge in [0.1, 0.15) is 6.10 Å². The van der Waals surface area contributed by atoms with Crippen molar-refractivity contribution in [2.45, 2.75) is 13.0 Å². The first kappa shape index (κ1) is 8.78. The summed E-state index contributed by atoms with van der Waals surface area (Å²) in [4.78, 5) is 0. The molecular weight excluding hydrogens is 180 g/mol. The zero-order valence-corrected chi connectivity index (χ0v) is 7.75. The summed E-state index contributed by atoms with van der Waals surface area (Å²) >= 11 is 7.21. The molecule has 11 heavy (non-hydrogen) atoms. The summed E-state index contributed by atoms with van der Waals surface area (Å²) in [5, 5.41) is 11.3. The molecule has 1 rings (SSSR count). The number of rotatable bonds is 2. The molecule has 0 saturated heterocycles. The normalized spacial score (nSPS) is 13.0. The molecule has 60 valence electrons. The number of hydrogen-bond donors (Lipinski definition) is 1. The summed E-state index contributed by atoms with van der Waals surface area (Å²) in [6.07, 6.45) is -0.617. The van der Waals surface area contributed by atoms with Crippen LogP contribution in [0.5, 0.6) is 0 Å². The Kier molecular flexibility index (Phi) is 2.71. The molecule has 1 aromatic heterocycles. The number of aliphatic hydroxyl groups is 1. The lowest BCUT2D eigenvalue weighted by Crippen LogP contribution is -1.95. The molecule has 0 spiro atoms. The highest BCUT2D eigenvalue weighted by atomic mass is 35.5. The zero-order valence-electron chi connectivity index (χ0n) is 6.17. The van der Waals surface area contributed by atoms with Crippen LogP contribution in [-0.4, -0.2) is 5.11 Å². The second-order valence-corrected chi connectivity index (χ2v) is 3.92. The molecule has 1 N–H and O–H groups in total. The molecule has 0 amide bonds. The standard InChI is InChI=1S/C8H9ClOS/c1-5(2)7(10)6-3-4-11-8(6)9/h3-4,7,10H,1H2,2H3. The minimum absolute atomic E-state index is 0.617. The van der Waals surface area contributed by atoms with Crippen LogP contribution in [0.15, 0.2) is 23.6 Å². The van der Waals surface area contributed by atoms with E-state index in [1.54, 1.807) is 6.92 Å². The van der Waals surface area contributed by atoms with E-state index < -0.39 is 6.10 Å². The minimum Gasteiger partial charge on any atom is -0.384 e. The highest BCUT2D eigenvalue weighted by molar-refractivity contribution is 7.14. The highest BCUT2D eigenvalue weighted by Gasteiger charge is 2.12. The van der Waals surface area contributed by atoms with Gasteiger partial charge >= 0.3 is 0 Å². The molecule has 0 aliphatic carbocycles. The SMILES string of the molecule is C=C(C)C(O)c1ccsc1Cl. The van der Waals surface area contributed by atoms with E-state index in [2.05, 4.69) is 6.58 Å². The summed E-state index contributed by atoms with van der Waals surface area (Å²) < 4.78 is 0.639. The Hall–Kier alpha value is -0.310. The largest absolute Gasteiger partial charge is 0.384 e. The summed E-state index contributed by atoms with van der Waals surface area (Å²) in [6, 6.07) is 1.81. The number of hydrogen-bond acceptors (Lipinski definition) is 2. The predicted molar refractivity (Wildman–Crippen MR) is 49.1 cm³/mol. The fraction of sp³-hybridized carbons (Fsp3) is 0.250. The first-order valence-electron chi connectivity index (χ1n) is 3.19. The summed E-state index contributed by atoms with van der Waals surface area (Å²) in [6.45, 7) is 5.42. The van der Waals surface area contributed by atoms with Crippen molar-refractivity contribution < 1.29 is 5.11 Å². The molecule has 1 aromatic rings. The highest BCUT2D eigenvalue weighted by Crippen LogP contribution is 2.31. The van der Waals surface area contributed by atoms with Crippen molar-refractivity contribution in [2.75, 3.05) is 0 Å². The van der Waals surface area contributed by atoms with Crippen molar-refractivity contribution in [2.24, 2.45) is 0 Å². The maximum atomic E-state index is 9.49. The molecule has 0 saturated carbocycles. The van der Waals surface area contributed by atoms with Crippen LogP contribution in [0.3, 0.4) is 0 Å². The number of halogens is 1. The summed E-state index contributed by atoms with van der Waals surface area (Å²) in [5.41, 5.74) is 1.47. The van der Waals surface area contributed by atoms with E-state index in [-0.39, 0.29) is 0 Å². The van der Waals surface area contributed by atoms with Gasteiger partial charge in [0.25, 0.3) is 0 Å². The van der Waals surface area contributed by atoms with Crippen LogP contribution in [0.1, 0.15) is 18.6 Å². The van der Waals surface area contributed by atoms with Crippen LogP contribution < -0.4 is 0 Å². The topological polar surface area (TPSA) is 20.2 Å². The fourth-order valence-electron chi connectivity index (χ4n) is 0.765. The van der Waals surface area contributed by atoms with Gasteiger partial charge in [-0.2, -0.15) is 0 Å². The van der Waals surface area contributed by atoms with E-state index in [1.807, 2.05) is 11.4 Å². The molecule has 0 aromatic carbocycles. The lowest BCUT2D eigenvalue weighted by Gasteiger charge is -2.07. The molecule has 0 aliphatic rings. The molecule has 1 atom stereocenters. The number of aliphatic hydroxyl groups excluding tert-OH is 1. The van der Waals surface area contributed by atoms with E-state index in [0.29, 0.717) is 9.91 Å². The number of thiophene rings is 1. The van der Waals surface area contributed by atoms with Gasteiger partial charge in [-0.3, -0.25) is 0 Å². The third-order valence-corrected chi connectivity index (χ3v) is 2.61. The van der Waals surface area contributed by atoms with Gasteiger partial charge in [-0.25, -0.2) is 0 Å². The van der Waals surface area contributed by atoms with Gasteiger partial charge in [0.2, 0.25) is 0 Å². The molecule has 0 fully saturated rings. The van der Waals surface area contributed by atoms with Crippen LogP contribution in [-0.2, 0) is 0 Å². The van der Waals surface area contributed by atoms with Gasteiger partial charge in [0.15, 0.2) is 0 Å². The zero-order chi connectivity index (χ0) is 8.43. The molecule has 1 unspecified atom stereocenters. The molecule has 3 heteroatoms. The second-order valence-electron chi connectivity index (χ2n) is 2.40. The first-order valence-corrected chi connectivity index (χ1v) is 4.45. The molecule has 1 nitrogen and oxygen atoms in total. The Balaban J connectivity index is 2.92. The smallest absolute Gasteiger partial charge is 0.102 e. The maximum Gasteiger partial charge on any atom is 0.102 e. The van der Waals surface area contributed by atoms with Gasteiger partial charge in [-0.15, -0.1) is 11.3 Å². The predicted octanol–water partition coefficient (Wildman–Crippen LogP) is 3.01. The van der Waals surface area contributed by atoms with Crippen molar-refractivity contribution in [1.29, 1.82) is 0 Å². The van der Waals surface area contributed by atoms with E-state index in [0.717, 1.165) is 5.56 Å². The Labute approximate surface area is 74.9 Å². The Morgan fingerprint density at radius 2 is 2.45 bits per heavy atom. The van der Waals surface area contributed by atoms with E-state index >= 15 is 0 Å². The summed E-state index contributed by atoms with van der Waals surface area (Å²) in [5.74, 6) is 0. The first-order chi connectivity index (χ1) is 5.13. The Morgan fingerprint density at radius 1 is 1.82 bits per heavy atom. The molecule has 0 radical (unpaired) electrons. The van der Waals surface area contributed by atoms with E-state index in [1.165, 1.54) is 11.3 Å². The van der Waals surface area contributed by atoms with Crippen LogP contribution in [0.25, 0.3) is 0 Å². The average molecular weight is 189 g/mol. The average Bonchev–Trinajstić information content (AvgIpc) is 2.33. The van der Waals surface area contributed by atoms with Gasteiger partial charge in [0.05, 0.1) is 4.34 Å². The molecular formula is C8H9ClOS. The third-order valence-electron chi connectivity index (χ3n) is 1.41. The second kappa shape index (κ2) is 3.39. The Bertz CT molecular complexity index is 267. The minimum atomic E-state index is -0.617.